The molecule has 0 bridgehead atoms. The van der Waals surface area contributed by atoms with Crippen molar-refractivity contribution in [2.45, 2.75) is 13.8 Å². The zero-order chi connectivity index (χ0) is 20.8. The quantitative estimate of drug-likeness (QED) is 0.361. The third-order valence-electron chi connectivity index (χ3n) is 5.68. The minimum atomic E-state index is -0.349. The molecule has 4 aromatic rings. The second kappa shape index (κ2) is 6.89. The van der Waals surface area contributed by atoms with Crippen molar-refractivity contribution < 1.29 is 9.15 Å². The molecular weight excluding hydrogens is 372 g/mol. The van der Waals surface area contributed by atoms with Gasteiger partial charge in [-0.2, -0.15) is 0 Å². The van der Waals surface area contributed by atoms with Crippen LogP contribution >= 0.6 is 0 Å². The van der Waals surface area contributed by atoms with Crippen LogP contribution in [0, 0.1) is 6.92 Å². The van der Waals surface area contributed by atoms with Crippen LogP contribution in [0.2, 0.25) is 0 Å². The molecule has 3 nitrogen and oxygen atoms in total. The van der Waals surface area contributed by atoms with Gasteiger partial charge in [0.25, 0.3) is 0 Å². The predicted molar refractivity (Wildman–Crippen MR) is 121 cm³/mol. The van der Waals surface area contributed by atoms with E-state index in [4.69, 9.17) is 9.15 Å². The smallest absolute Gasteiger partial charge is 0.344 e. The molecule has 0 unspecified atom stereocenters. The predicted octanol–water partition coefficient (Wildman–Crippen LogP) is 6.61. The summed E-state index contributed by atoms with van der Waals surface area (Å²) in [5, 5.41) is 0.898. The van der Waals surface area contributed by atoms with Gasteiger partial charge in [0.1, 0.15) is 17.1 Å². The minimum absolute atomic E-state index is 0.349. The standard InChI is InChI=1S/C27H20O3/c1-16-21-14-22-17(2)26(20-12-8-5-9-13-20)27(28)30-24(22)15-23(21)29-18(3)25(16)19-10-6-4-7-11-19/h4-15H,3H2,1-2H3. The van der Waals surface area contributed by atoms with Gasteiger partial charge < -0.3 is 9.15 Å². The largest absolute Gasteiger partial charge is 0.457 e. The lowest BCUT2D eigenvalue weighted by molar-refractivity contribution is 0.445. The van der Waals surface area contributed by atoms with Crippen molar-refractivity contribution in [2.75, 3.05) is 0 Å². The first-order valence-electron chi connectivity index (χ1n) is 9.85. The van der Waals surface area contributed by atoms with Gasteiger partial charge in [0.2, 0.25) is 0 Å². The molecule has 0 spiro atoms. The highest BCUT2D eigenvalue weighted by Crippen LogP contribution is 2.43. The van der Waals surface area contributed by atoms with Gasteiger partial charge in [0.15, 0.2) is 0 Å². The number of benzene rings is 3. The van der Waals surface area contributed by atoms with Crippen molar-refractivity contribution in [3.05, 3.63) is 112 Å². The molecule has 0 aliphatic carbocycles. The molecule has 0 radical (unpaired) electrons. The van der Waals surface area contributed by atoms with Crippen molar-refractivity contribution >= 4 is 22.1 Å². The lowest BCUT2D eigenvalue weighted by Crippen LogP contribution is -2.09. The van der Waals surface area contributed by atoms with E-state index in [1.54, 1.807) is 6.07 Å². The summed E-state index contributed by atoms with van der Waals surface area (Å²) >= 11 is 0. The van der Waals surface area contributed by atoms with Crippen molar-refractivity contribution in [1.82, 2.24) is 0 Å². The Bertz CT molecular complexity index is 1390. The van der Waals surface area contributed by atoms with E-state index in [-0.39, 0.29) is 5.63 Å². The van der Waals surface area contributed by atoms with E-state index in [1.807, 2.05) is 55.5 Å². The second-order valence-corrected chi connectivity index (χ2v) is 7.49. The highest BCUT2D eigenvalue weighted by Gasteiger charge is 2.24. The summed E-state index contributed by atoms with van der Waals surface area (Å²) in [6.07, 6.45) is 0. The van der Waals surface area contributed by atoms with E-state index in [2.05, 4.69) is 31.7 Å². The first-order valence-corrected chi connectivity index (χ1v) is 9.85. The lowest BCUT2D eigenvalue weighted by atomic mass is 9.90. The minimum Gasteiger partial charge on any atom is -0.457 e. The van der Waals surface area contributed by atoms with E-state index in [0.29, 0.717) is 22.7 Å². The zero-order valence-electron chi connectivity index (χ0n) is 16.9. The van der Waals surface area contributed by atoms with Crippen LogP contribution in [0.1, 0.15) is 23.6 Å². The fraction of sp³-hybridized carbons (Fsp3) is 0.0741. The van der Waals surface area contributed by atoms with Crippen molar-refractivity contribution in [1.29, 1.82) is 0 Å². The van der Waals surface area contributed by atoms with E-state index in [0.717, 1.165) is 38.8 Å². The van der Waals surface area contributed by atoms with Crippen molar-refractivity contribution in [3.8, 4) is 16.9 Å². The summed E-state index contributed by atoms with van der Waals surface area (Å²) in [6.45, 7) is 8.16. The Morgan fingerprint density at radius 3 is 2.13 bits per heavy atom. The molecular formula is C27H20O3. The van der Waals surface area contributed by atoms with Gasteiger partial charge in [0, 0.05) is 22.6 Å². The maximum atomic E-state index is 12.8. The number of ether oxygens (including phenoxy) is 1. The van der Waals surface area contributed by atoms with Gasteiger partial charge in [-0.25, -0.2) is 4.79 Å². The van der Waals surface area contributed by atoms with Crippen molar-refractivity contribution in [2.24, 2.45) is 0 Å². The number of hydrogen-bond acceptors (Lipinski definition) is 3. The molecule has 5 rings (SSSR count). The molecule has 3 aromatic carbocycles. The Balaban J connectivity index is 1.78. The average molecular weight is 392 g/mol. The van der Waals surface area contributed by atoms with Crippen LogP contribution in [0.3, 0.4) is 0 Å². The Morgan fingerprint density at radius 2 is 1.47 bits per heavy atom. The van der Waals surface area contributed by atoms with E-state index in [1.165, 1.54) is 0 Å². The molecule has 0 saturated heterocycles. The summed E-state index contributed by atoms with van der Waals surface area (Å²) in [5.41, 5.74) is 6.62. The molecule has 2 heterocycles. The van der Waals surface area contributed by atoms with Gasteiger partial charge >= 0.3 is 5.63 Å². The Morgan fingerprint density at radius 1 is 0.833 bits per heavy atom. The fourth-order valence-electron chi connectivity index (χ4n) is 4.20. The molecule has 30 heavy (non-hydrogen) atoms. The number of aryl methyl sites for hydroxylation is 1. The third-order valence-corrected chi connectivity index (χ3v) is 5.68. The van der Waals surface area contributed by atoms with Crippen LogP contribution in [0.5, 0.6) is 5.75 Å². The summed E-state index contributed by atoms with van der Waals surface area (Å²) in [4.78, 5) is 12.8. The molecule has 1 aliphatic rings. The van der Waals surface area contributed by atoms with Gasteiger partial charge in [0.05, 0.1) is 5.56 Å². The molecule has 146 valence electrons. The topological polar surface area (TPSA) is 39.4 Å². The van der Waals surface area contributed by atoms with E-state index in [9.17, 15) is 4.79 Å². The van der Waals surface area contributed by atoms with Crippen LogP contribution < -0.4 is 10.4 Å². The molecule has 0 amide bonds. The summed E-state index contributed by atoms with van der Waals surface area (Å²) in [5.74, 6) is 1.24. The fourth-order valence-corrected chi connectivity index (χ4v) is 4.20. The highest BCUT2D eigenvalue weighted by molar-refractivity contribution is 6.02. The van der Waals surface area contributed by atoms with Crippen LogP contribution in [0.15, 0.2) is 94.3 Å². The molecule has 0 fully saturated rings. The first-order chi connectivity index (χ1) is 14.5. The van der Waals surface area contributed by atoms with Crippen LogP contribution in [-0.4, -0.2) is 0 Å². The van der Waals surface area contributed by atoms with Crippen LogP contribution in [-0.2, 0) is 0 Å². The van der Waals surface area contributed by atoms with Gasteiger partial charge in [-0.05, 0) is 42.2 Å². The number of allylic oxidation sites excluding steroid dienone is 2. The Kier molecular flexibility index (Phi) is 4.18. The molecule has 0 atom stereocenters. The Hall–Kier alpha value is -3.85. The normalized spacial score (nSPS) is 13.3. The molecule has 1 aromatic heterocycles. The summed E-state index contributed by atoms with van der Waals surface area (Å²) < 4.78 is 11.8. The Labute approximate surface area is 174 Å². The van der Waals surface area contributed by atoms with Gasteiger partial charge in [-0.15, -0.1) is 0 Å². The first kappa shape index (κ1) is 18.2. The third kappa shape index (κ3) is 2.79. The average Bonchev–Trinajstić information content (AvgIpc) is 2.74. The maximum absolute atomic E-state index is 12.8. The van der Waals surface area contributed by atoms with Crippen LogP contribution in [0.25, 0.3) is 33.2 Å². The summed E-state index contributed by atoms with van der Waals surface area (Å²) in [7, 11) is 0. The van der Waals surface area contributed by atoms with E-state index < -0.39 is 0 Å². The van der Waals surface area contributed by atoms with Crippen molar-refractivity contribution in [3.63, 3.8) is 0 Å². The number of fused-ring (bicyclic) bond motifs is 2. The zero-order valence-corrected chi connectivity index (χ0v) is 16.9. The van der Waals surface area contributed by atoms with Gasteiger partial charge in [-0.3, -0.25) is 0 Å². The van der Waals surface area contributed by atoms with Gasteiger partial charge in [-0.1, -0.05) is 67.2 Å². The van der Waals surface area contributed by atoms with Crippen LogP contribution in [0.4, 0.5) is 0 Å². The van der Waals surface area contributed by atoms with E-state index >= 15 is 0 Å². The maximum Gasteiger partial charge on any atom is 0.344 e. The molecule has 1 aliphatic heterocycles. The monoisotopic (exact) mass is 392 g/mol. The SMILES string of the molecule is C=C1Oc2cc3oc(=O)c(-c4ccccc4)c(C)c3cc2C(C)=C1c1ccccc1. The number of hydrogen-bond donors (Lipinski definition) is 0. The molecule has 0 N–H and O–H groups in total. The highest BCUT2D eigenvalue weighted by atomic mass is 16.5. The molecule has 0 saturated carbocycles. The second-order valence-electron chi connectivity index (χ2n) is 7.49. The summed E-state index contributed by atoms with van der Waals surface area (Å²) in [6, 6.07) is 23.6. The molecule has 3 heteroatoms. The lowest BCUT2D eigenvalue weighted by Gasteiger charge is -2.24. The number of rotatable bonds is 2.